The average molecular weight is 439 g/mol. The largest absolute Gasteiger partial charge is 0.334 e. The molecule has 3 atom stereocenters. The monoisotopic (exact) mass is 436 g/mol. The summed E-state index contributed by atoms with van der Waals surface area (Å²) in [6, 6.07) is 0. The Balaban J connectivity index is 2.44. The van der Waals surface area contributed by atoms with Crippen LogP contribution in [0.4, 0.5) is 0 Å². The first-order chi connectivity index (χ1) is 9.57. The van der Waals surface area contributed by atoms with E-state index < -0.39 is 16.0 Å². The van der Waals surface area contributed by atoms with Gasteiger partial charge in [0.25, 0.3) is 0 Å². The Bertz CT molecular complexity index is 307. The lowest BCUT2D eigenvalue weighted by atomic mass is 10.1. The Labute approximate surface area is 157 Å². The van der Waals surface area contributed by atoms with E-state index in [1.807, 2.05) is 0 Å². The van der Waals surface area contributed by atoms with Crippen LogP contribution in [0.15, 0.2) is 0 Å². The third kappa shape index (κ3) is 10.5. The van der Waals surface area contributed by atoms with Crippen molar-refractivity contribution in [2.45, 2.75) is 52.7 Å². The minimum absolute atomic E-state index is 0.208. The molecule has 0 aliphatic heterocycles. The first kappa shape index (κ1) is 21.1. The number of alkyl halides is 6. The van der Waals surface area contributed by atoms with Gasteiger partial charge in [0.2, 0.25) is 0 Å². The molecule has 1 aliphatic rings. The summed E-state index contributed by atoms with van der Waals surface area (Å²) in [5.41, 5.74) is 0. The van der Waals surface area contributed by atoms with Crippen molar-refractivity contribution < 1.29 is 9.05 Å². The predicted molar refractivity (Wildman–Crippen MR) is 95.4 cm³/mol. The number of hydrogen-bond acceptors (Lipinski definition) is 2. The molecule has 0 bridgehead atoms. The van der Waals surface area contributed by atoms with Crippen molar-refractivity contribution in [1.82, 2.24) is 0 Å². The molecule has 0 aromatic rings. The van der Waals surface area contributed by atoms with Crippen LogP contribution >= 0.6 is 78.0 Å². The highest BCUT2D eigenvalue weighted by Gasteiger charge is 2.30. The maximum Gasteiger partial charge on any atom is 0.192 e. The second-order valence-electron chi connectivity index (χ2n) is 5.17. The van der Waals surface area contributed by atoms with Crippen LogP contribution in [0.3, 0.4) is 0 Å². The fourth-order valence-corrected chi connectivity index (χ4v) is 4.68. The van der Waals surface area contributed by atoms with E-state index in [1.54, 1.807) is 0 Å². The van der Waals surface area contributed by atoms with Gasteiger partial charge in [0.15, 0.2) is 16.0 Å². The molecule has 0 aromatic carbocycles. The zero-order valence-electron chi connectivity index (χ0n) is 11.6. The first-order valence-electron chi connectivity index (χ1n) is 6.77. The third-order valence-corrected chi connectivity index (χ3v) is 5.93. The van der Waals surface area contributed by atoms with Crippen molar-refractivity contribution in [3.05, 3.63) is 0 Å². The molecule has 0 saturated heterocycles. The second kappa shape index (κ2) is 9.54. The molecule has 0 heterocycles. The van der Waals surface area contributed by atoms with Crippen molar-refractivity contribution >= 4 is 78.0 Å². The maximum absolute atomic E-state index is 6.07. The van der Waals surface area contributed by atoms with Crippen LogP contribution in [0.25, 0.3) is 0 Å². The molecule has 9 heteroatoms. The summed E-state index contributed by atoms with van der Waals surface area (Å²) in [5.74, 6) is 0.527. The Morgan fingerprint density at radius 1 is 1.00 bits per heavy atom. The molecule has 0 amide bonds. The van der Waals surface area contributed by atoms with E-state index in [9.17, 15) is 0 Å². The Morgan fingerprint density at radius 2 is 1.62 bits per heavy atom. The summed E-state index contributed by atoms with van der Waals surface area (Å²) in [7, 11) is -1.14. The van der Waals surface area contributed by atoms with Crippen molar-refractivity contribution in [3.63, 3.8) is 0 Å². The number of rotatable bonds is 7. The van der Waals surface area contributed by atoms with E-state index in [4.69, 9.17) is 78.7 Å². The van der Waals surface area contributed by atoms with Crippen molar-refractivity contribution in [1.29, 1.82) is 0 Å². The molecule has 1 rings (SSSR count). The van der Waals surface area contributed by atoms with Gasteiger partial charge < -0.3 is 9.05 Å². The van der Waals surface area contributed by atoms with Gasteiger partial charge in [0.1, 0.15) is 0 Å². The second-order valence-corrected chi connectivity index (χ2v) is 11.8. The van der Waals surface area contributed by atoms with Crippen molar-refractivity contribution in [3.8, 4) is 0 Å². The molecule has 2 nitrogen and oxygen atoms in total. The highest BCUT2D eigenvalue weighted by atomic mass is 35.6. The zero-order chi connectivity index (χ0) is 16.1. The number of hydrogen-bond donors (Lipinski definition) is 0. The van der Waals surface area contributed by atoms with Gasteiger partial charge in [-0.1, -0.05) is 83.0 Å². The predicted octanol–water partition coefficient (Wildman–Crippen LogP) is 7.04. The van der Waals surface area contributed by atoms with E-state index >= 15 is 0 Å². The Kier molecular flexibility index (Phi) is 9.60. The van der Waals surface area contributed by atoms with Crippen molar-refractivity contribution in [2.75, 3.05) is 12.8 Å². The smallest absolute Gasteiger partial charge is 0.192 e. The minimum Gasteiger partial charge on any atom is -0.334 e. The molecule has 1 saturated carbocycles. The summed E-state index contributed by atoms with van der Waals surface area (Å²) < 4.78 is 9.18. The van der Waals surface area contributed by atoms with Gasteiger partial charge in [0.05, 0.1) is 12.7 Å². The summed E-state index contributed by atoms with van der Waals surface area (Å²) in [6.45, 7) is 2.49. The lowest BCUT2D eigenvalue weighted by Crippen LogP contribution is -2.16. The van der Waals surface area contributed by atoms with Crippen LogP contribution in [0.1, 0.15) is 39.0 Å². The van der Waals surface area contributed by atoms with E-state index in [0.717, 1.165) is 6.42 Å². The Hall–Kier alpha value is 2.09. The van der Waals surface area contributed by atoms with Gasteiger partial charge >= 0.3 is 0 Å². The Morgan fingerprint density at radius 3 is 2.10 bits per heavy atom. The van der Waals surface area contributed by atoms with E-state index in [2.05, 4.69) is 6.92 Å². The molecular weight excluding hydrogens is 420 g/mol. The fraction of sp³-hybridized carbons (Fsp3) is 1.00. The van der Waals surface area contributed by atoms with Crippen LogP contribution in [-0.2, 0) is 9.05 Å². The zero-order valence-corrected chi connectivity index (χ0v) is 17.1. The van der Waals surface area contributed by atoms with Gasteiger partial charge in [-0.3, -0.25) is 0 Å². The lowest BCUT2D eigenvalue weighted by molar-refractivity contribution is 0.150. The SMILES string of the molecule is CC1CCCC1OP(CCC(Cl)(Cl)Cl)OCCC(Cl)(Cl)Cl. The minimum atomic E-state index is -1.32. The van der Waals surface area contributed by atoms with Gasteiger partial charge in [-0.2, -0.15) is 0 Å². The maximum atomic E-state index is 6.07. The molecule has 3 unspecified atom stereocenters. The highest BCUT2D eigenvalue weighted by molar-refractivity contribution is 7.47. The van der Waals surface area contributed by atoms with Gasteiger partial charge in [-0.05, 0) is 18.8 Å². The van der Waals surface area contributed by atoms with Crippen LogP contribution < -0.4 is 0 Å². The third-order valence-electron chi connectivity index (χ3n) is 3.23. The molecule has 1 fully saturated rings. The highest BCUT2D eigenvalue weighted by Crippen LogP contribution is 2.48. The number of halogens is 6. The summed E-state index contributed by atoms with van der Waals surface area (Å²) in [4.78, 5) is 0. The van der Waals surface area contributed by atoms with E-state index in [1.165, 1.54) is 12.8 Å². The molecule has 21 heavy (non-hydrogen) atoms. The average Bonchev–Trinajstić information content (AvgIpc) is 2.69. The molecule has 0 aromatic heterocycles. The molecule has 126 valence electrons. The molecule has 0 N–H and O–H groups in total. The van der Waals surface area contributed by atoms with Gasteiger partial charge in [0, 0.05) is 19.0 Å². The van der Waals surface area contributed by atoms with Crippen LogP contribution in [-0.4, -0.2) is 26.5 Å². The fourth-order valence-electron chi connectivity index (χ4n) is 2.05. The molecule has 0 radical (unpaired) electrons. The van der Waals surface area contributed by atoms with Crippen LogP contribution in [0.2, 0.25) is 0 Å². The molecule has 0 spiro atoms. The topological polar surface area (TPSA) is 18.5 Å². The van der Waals surface area contributed by atoms with E-state index in [-0.39, 0.29) is 6.10 Å². The lowest BCUT2D eigenvalue weighted by Gasteiger charge is -2.25. The molecular formula is C12H19Cl6O2P. The standard InChI is InChI=1S/C12H19Cl6O2P/c1-9-3-2-4-10(9)20-21(8-6-12(16,17)18)19-7-5-11(13,14)15/h9-10H,2-8H2,1H3. The van der Waals surface area contributed by atoms with Crippen LogP contribution in [0.5, 0.6) is 0 Å². The summed E-state index contributed by atoms with van der Waals surface area (Å²) >= 11 is 34.5. The van der Waals surface area contributed by atoms with E-state index in [0.29, 0.717) is 31.5 Å². The first-order valence-corrected chi connectivity index (χ1v) is 10.4. The quantitative estimate of drug-likeness (QED) is 0.313. The summed E-state index contributed by atoms with van der Waals surface area (Å²) in [5, 5.41) is 0. The summed E-state index contributed by atoms with van der Waals surface area (Å²) in [6.07, 6.45) is 4.82. The normalized spacial score (nSPS) is 25.3. The van der Waals surface area contributed by atoms with Crippen LogP contribution in [0, 0.1) is 5.92 Å². The molecule has 1 aliphatic carbocycles. The van der Waals surface area contributed by atoms with Gasteiger partial charge in [-0.25, -0.2) is 0 Å². The van der Waals surface area contributed by atoms with Crippen molar-refractivity contribution in [2.24, 2.45) is 5.92 Å². The van der Waals surface area contributed by atoms with Gasteiger partial charge in [-0.15, -0.1) is 0 Å².